The van der Waals surface area contributed by atoms with Gasteiger partial charge in [-0.1, -0.05) is 65.7 Å². The van der Waals surface area contributed by atoms with Gasteiger partial charge in [0.2, 0.25) is 0 Å². The Hall–Kier alpha value is -2.55. The fourth-order valence-electron chi connectivity index (χ4n) is 2.29. The van der Waals surface area contributed by atoms with Crippen LogP contribution in [0.3, 0.4) is 0 Å². The van der Waals surface area contributed by atoms with E-state index in [9.17, 15) is 4.79 Å². The predicted molar refractivity (Wildman–Crippen MR) is 92.2 cm³/mol. The smallest absolute Gasteiger partial charge is 0.435 e. The maximum absolute atomic E-state index is 11.7. The van der Waals surface area contributed by atoms with Crippen LogP contribution in [0, 0.1) is 13.8 Å². The average molecular weight is 310 g/mol. The Balaban J connectivity index is 2.24. The summed E-state index contributed by atoms with van der Waals surface area (Å²) >= 11 is 0. The number of hydrogen-bond acceptors (Lipinski definition) is 3. The molecule has 0 bridgehead atoms. The molecule has 1 atom stereocenters. The molecule has 0 N–H and O–H groups in total. The number of aryl methyl sites for hydroxylation is 2. The lowest BCUT2D eigenvalue weighted by Gasteiger charge is -2.15. The Labute approximate surface area is 137 Å². The van der Waals surface area contributed by atoms with Crippen molar-refractivity contribution >= 4 is 12.2 Å². The molecule has 0 aromatic heterocycles. The first kappa shape index (κ1) is 16.8. The van der Waals surface area contributed by atoms with Crippen molar-refractivity contribution in [2.24, 2.45) is 0 Å². The highest BCUT2D eigenvalue weighted by Gasteiger charge is 2.14. The van der Waals surface area contributed by atoms with Gasteiger partial charge in [-0.15, -0.1) is 0 Å². The molecule has 0 radical (unpaired) electrons. The second kappa shape index (κ2) is 8.18. The summed E-state index contributed by atoms with van der Waals surface area (Å²) in [5, 5.41) is 0. The Morgan fingerprint density at radius 3 is 2.43 bits per heavy atom. The molecule has 0 aliphatic carbocycles. The van der Waals surface area contributed by atoms with Crippen LogP contribution >= 0.6 is 0 Å². The maximum atomic E-state index is 11.7. The largest absolute Gasteiger partial charge is 0.509 e. The molecule has 120 valence electrons. The molecule has 0 heterocycles. The van der Waals surface area contributed by atoms with Crippen molar-refractivity contribution in [1.82, 2.24) is 0 Å². The zero-order valence-electron chi connectivity index (χ0n) is 13.8. The van der Waals surface area contributed by atoms with Crippen LogP contribution in [-0.4, -0.2) is 12.8 Å². The van der Waals surface area contributed by atoms with E-state index in [1.165, 1.54) is 5.56 Å². The Kier molecular flexibility index (Phi) is 5.98. The first-order chi connectivity index (χ1) is 11.1. The highest BCUT2D eigenvalue weighted by atomic mass is 16.7. The zero-order valence-corrected chi connectivity index (χ0v) is 13.8. The third kappa shape index (κ3) is 5.29. The molecule has 0 saturated heterocycles. The SMILES string of the molecule is CCOC(=O)O[C@@H](/C=C/c1cccc(C)c1)c1cccc(C)c1. The van der Waals surface area contributed by atoms with Crippen LogP contribution in [0.4, 0.5) is 4.79 Å². The molecule has 0 saturated carbocycles. The van der Waals surface area contributed by atoms with E-state index < -0.39 is 12.3 Å². The Morgan fingerprint density at radius 2 is 1.78 bits per heavy atom. The van der Waals surface area contributed by atoms with Gasteiger partial charge in [0.25, 0.3) is 0 Å². The molecule has 2 rings (SSSR count). The number of carbonyl (C=O) groups is 1. The van der Waals surface area contributed by atoms with Crippen LogP contribution in [-0.2, 0) is 9.47 Å². The first-order valence-electron chi connectivity index (χ1n) is 7.73. The van der Waals surface area contributed by atoms with Gasteiger partial charge in [-0.25, -0.2) is 4.79 Å². The van der Waals surface area contributed by atoms with Crippen LogP contribution in [0.15, 0.2) is 54.6 Å². The van der Waals surface area contributed by atoms with Gasteiger partial charge in [-0.05, 0) is 38.0 Å². The molecule has 0 spiro atoms. The third-order valence-corrected chi connectivity index (χ3v) is 3.36. The van der Waals surface area contributed by atoms with E-state index in [4.69, 9.17) is 9.47 Å². The molecule has 0 aliphatic rings. The van der Waals surface area contributed by atoms with Gasteiger partial charge in [0.15, 0.2) is 0 Å². The summed E-state index contributed by atoms with van der Waals surface area (Å²) in [7, 11) is 0. The lowest BCUT2D eigenvalue weighted by molar-refractivity contribution is 0.0403. The van der Waals surface area contributed by atoms with Crippen LogP contribution < -0.4 is 0 Å². The van der Waals surface area contributed by atoms with Gasteiger partial charge in [0.1, 0.15) is 6.10 Å². The van der Waals surface area contributed by atoms with Crippen LogP contribution in [0.2, 0.25) is 0 Å². The highest BCUT2D eigenvalue weighted by Crippen LogP contribution is 2.22. The quantitative estimate of drug-likeness (QED) is 0.709. The first-order valence-corrected chi connectivity index (χ1v) is 7.73. The molecule has 3 nitrogen and oxygen atoms in total. The summed E-state index contributed by atoms with van der Waals surface area (Å²) in [4.78, 5) is 11.7. The van der Waals surface area contributed by atoms with E-state index >= 15 is 0 Å². The van der Waals surface area contributed by atoms with Gasteiger partial charge in [0, 0.05) is 0 Å². The van der Waals surface area contributed by atoms with Crippen molar-refractivity contribution in [2.75, 3.05) is 6.61 Å². The Morgan fingerprint density at radius 1 is 1.09 bits per heavy atom. The summed E-state index contributed by atoms with van der Waals surface area (Å²) in [5.74, 6) is 0. The average Bonchev–Trinajstić information content (AvgIpc) is 2.52. The minimum atomic E-state index is -0.659. The standard InChI is InChI=1S/C20H22O3/c1-4-22-20(21)23-19(18-10-6-8-16(3)14-18)12-11-17-9-5-7-15(2)13-17/h5-14,19H,4H2,1-3H3/b12-11+/t19-/m0/s1. The van der Waals surface area contributed by atoms with Gasteiger partial charge in [-0.3, -0.25) is 0 Å². The van der Waals surface area contributed by atoms with Crippen molar-refractivity contribution in [1.29, 1.82) is 0 Å². The highest BCUT2D eigenvalue weighted by molar-refractivity contribution is 5.61. The lowest BCUT2D eigenvalue weighted by atomic mass is 10.0. The van der Waals surface area contributed by atoms with E-state index in [0.717, 1.165) is 16.7 Å². The molecule has 0 amide bonds. The summed E-state index contributed by atoms with van der Waals surface area (Å²) in [6.07, 6.45) is 2.70. The molecule has 0 aliphatic heterocycles. The van der Waals surface area contributed by atoms with Gasteiger partial charge in [-0.2, -0.15) is 0 Å². The predicted octanol–water partition coefficient (Wildman–Crippen LogP) is 5.23. The van der Waals surface area contributed by atoms with E-state index in [0.29, 0.717) is 6.61 Å². The van der Waals surface area contributed by atoms with Crippen molar-refractivity contribution in [3.05, 3.63) is 76.9 Å². The van der Waals surface area contributed by atoms with E-state index in [1.807, 2.05) is 68.5 Å². The molecule has 2 aromatic rings. The second-order valence-electron chi connectivity index (χ2n) is 5.41. The maximum Gasteiger partial charge on any atom is 0.509 e. The number of rotatable bonds is 5. The minimum absolute atomic E-state index is 0.293. The van der Waals surface area contributed by atoms with Crippen molar-refractivity contribution in [3.8, 4) is 0 Å². The molecule has 0 unspecified atom stereocenters. The van der Waals surface area contributed by atoms with Gasteiger partial charge in [0.05, 0.1) is 6.61 Å². The third-order valence-electron chi connectivity index (χ3n) is 3.36. The normalized spacial score (nSPS) is 12.1. The van der Waals surface area contributed by atoms with Crippen LogP contribution in [0.1, 0.15) is 35.3 Å². The number of benzene rings is 2. The number of ether oxygens (including phenoxy) is 2. The summed E-state index contributed by atoms with van der Waals surface area (Å²) in [5.41, 5.74) is 4.28. The summed E-state index contributed by atoms with van der Waals surface area (Å²) < 4.78 is 10.3. The number of hydrogen-bond donors (Lipinski definition) is 0. The number of carbonyl (C=O) groups excluding carboxylic acids is 1. The van der Waals surface area contributed by atoms with Gasteiger partial charge < -0.3 is 9.47 Å². The van der Waals surface area contributed by atoms with Gasteiger partial charge >= 0.3 is 6.16 Å². The van der Waals surface area contributed by atoms with Crippen molar-refractivity contribution in [2.45, 2.75) is 26.9 Å². The summed E-state index contributed by atoms with van der Waals surface area (Å²) in [6.45, 7) is 6.10. The van der Waals surface area contributed by atoms with Crippen LogP contribution in [0.5, 0.6) is 0 Å². The van der Waals surface area contributed by atoms with Crippen molar-refractivity contribution < 1.29 is 14.3 Å². The van der Waals surface area contributed by atoms with E-state index in [1.54, 1.807) is 6.92 Å². The molecular formula is C20H22O3. The lowest BCUT2D eigenvalue weighted by Crippen LogP contribution is -2.11. The zero-order chi connectivity index (χ0) is 16.7. The van der Waals surface area contributed by atoms with Crippen LogP contribution in [0.25, 0.3) is 6.08 Å². The molecular weight excluding hydrogens is 288 g/mol. The molecule has 3 heteroatoms. The Bertz CT molecular complexity index is 689. The van der Waals surface area contributed by atoms with Crippen molar-refractivity contribution in [3.63, 3.8) is 0 Å². The fourth-order valence-corrected chi connectivity index (χ4v) is 2.29. The van der Waals surface area contributed by atoms with E-state index in [2.05, 4.69) is 6.07 Å². The molecule has 2 aromatic carbocycles. The second-order valence-corrected chi connectivity index (χ2v) is 5.41. The topological polar surface area (TPSA) is 35.5 Å². The minimum Gasteiger partial charge on any atom is -0.435 e. The monoisotopic (exact) mass is 310 g/mol. The molecule has 0 fully saturated rings. The molecule has 23 heavy (non-hydrogen) atoms. The summed E-state index contributed by atoms with van der Waals surface area (Å²) in [6, 6.07) is 16.0. The fraction of sp³-hybridized carbons (Fsp3) is 0.250. The van der Waals surface area contributed by atoms with E-state index in [-0.39, 0.29) is 0 Å².